The van der Waals surface area contributed by atoms with E-state index in [4.69, 9.17) is 16.6 Å². The van der Waals surface area contributed by atoms with E-state index in [1.807, 2.05) is 0 Å². The number of amides is 1. The number of rotatable bonds is 3. The van der Waals surface area contributed by atoms with Crippen LogP contribution in [0.3, 0.4) is 0 Å². The molecule has 0 saturated heterocycles. The first kappa shape index (κ1) is 14.0. The molecule has 7 N–H and O–H groups in total. The number of aliphatic carboxylic acids is 1. The molecule has 0 radical (unpaired) electrons. The summed E-state index contributed by atoms with van der Waals surface area (Å²) in [7, 11) is 0. The van der Waals surface area contributed by atoms with Crippen LogP contribution in [0, 0.1) is 0 Å². The Labute approximate surface area is 103 Å². The van der Waals surface area contributed by atoms with E-state index in [2.05, 4.69) is 10.3 Å². The number of aliphatic hydroxyl groups is 1. The number of hydrogen-bond acceptors (Lipinski definition) is 4. The lowest BCUT2D eigenvalue weighted by Gasteiger charge is -2.31. The smallest absolute Gasteiger partial charge is 0.331 e. The van der Waals surface area contributed by atoms with Crippen molar-refractivity contribution < 1.29 is 19.8 Å². The normalized spacial score (nSPS) is 27.0. The second-order valence-corrected chi connectivity index (χ2v) is 4.04. The number of hydrogen-bond donors (Lipinski definition) is 5. The van der Waals surface area contributed by atoms with Crippen LogP contribution in [0.2, 0.25) is 0 Å². The summed E-state index contributed by atoms with van der Waals surface area (Å²) in [6, 6.07) is -1.54. The van der Waals surface area contributed by atoms with Gasteiger partial charge >= 0.3 is 5.97 Å². The Morgan fingerprint density at radius 3 is 2.56 bits per heavy atom. The highest BCUT2D eigenvalue weighted by atomic mass is 16.4. The summed E-state index contributed by atoms with van der Waals surface area (Å²) >= 11 is 0. The Morgan fingerprint density at radius 2 is 2.11 bits per heavy atom. The molecule has 0 aliphatic heterocycles. The third-order valence-electron chi connectivity index (χ3n) is 2.53. The van der Waals surface area contributed by atoms with Gasteiger partial charge in [-0.25, -0.2) is 9.79 Å². The number of nitrogens with one attached hydrogen (secondary N) is 1. The second kappa shape index (κ2) is 5.50. The summed E-state index contributed by atoms with van der Waals surface area (Å²) in [5, 5.41) is 21.3. The molecule has 0 bridgehead atoms. The third kappa shape index (κ3) is 3.45. The number of carbonyl (C=O) groups is 2. The maximum atomic E-state index is 11.0. The summed E-state index contributed by atoms with van der Waals surface area (Å²) < 4.78 is 0. The number of aliphatic imine (C=N–C) groups is 1. The molecule has 8 heteroatoms. The average Bonchev–Trinajstić information content (AvgIpc) is 2.21. The highest BCUT2D eigenvalue weighted by molar-refractivity contribution is 5.87. The van der Waals surface area contributed by atoms with E-state index in [1.54, 1.807) is 0 Å². The maximum absolute atomic E-state index is 11.0. The lowest BCUT2D eigenvalue weighted by Crippen LogP contribution is -2.52. The van der Waals surface area contributed by atoms with Gasteiger partial charge in [-0.1, -0.05) is 0 Å². The van der Waals surface area contributed by atoms with E-state index in [1.165, 1.54) is 13.0 Å². The van der Waals surface area contributed by atoms with Gasteiger partial charge in [0, 0.05) is 18.9 Å². The van der Waals surface area contributed by atoms with Gasteiger partial charge in [-0.3, -0.25) is 4.79 Å². The van der Waals surface area contributed by atoms with Gasteiger partial charge < -0.3 is 27.0 Å². The minimum absolute atomic E-state index is 0.0131. The zero-order chi connectivity index (χ0) is 13.9. The molecular weight excluding hydrogens is 240 g/mol. The Hall–Kier alpha value is -2.09. The zero-order valence-electron chi connectivity index (χ0n) is 9.83. The third-order valence-corrected chi connectivity index (χ3v) is 2.53. The molecule has 1 aliphatic carbocycles. The molecule has 0 fully saturated rings. The first-order valence-corrected chi connectivity index (χ1v) is 5.29. The Kier molecular flexibility index (Phi) is 4.27. The molecule has 0 spiro atoms. The van der Waals surface area contributed by atoms with Crippen LogP contribution in [0.1, 0.15) is 13.3 Å². The number of aliphatic hydroxyl groups excluding tert-OH is 1. The topological polar surface area (TPSA) is 151 Å². The fraction of sp³-hybridized carbons (Fsp3) is 0.500. The number of guanidine groups is 1. The molecule has 0 saturated carbocycles. The van der Waals surface area contributed by atoms with Gasteiger partial charge in [0.2, 0.25) is 5.91 Å². The Balaban J connectivity index is 3.06. The largest absolute Gasteiger partial charge is 0.478 e. The fourth-order valence-corrected chi connectivity index (χ4v) is 1.82. The van der Waals surface area contributed by atoms with E-state index in [0.717, 1.165) is 0 Å². The SMILES string of the molecule is CC(=O)N[C@@H]1[C@H](O)CC(C(=O)O)=C[C@H]1N=C(N)N. The van der Waals surface area contributed by atoms with Gasteiger partial charge in [0.05, 0.1) is 18.2 Å². The van der Waals surface area contributed by atoms with E-state index >= 15 is 0 Å². The van der Waals surface area contributed by atoms with Crippen LogP contribution < -0.4 is 16.8 Å². The van der Waals surface area contributed by atoms with E-state index in [0.29, 0.717) is 0 Å². The van der Waals surface area contributed by atoms with Crippen molar-refractivity contribution in [1.29, 1.82) is 0 Å². The monoisotopic (exact) mass is 256 g/mol. The first-order valence-electron chi connectivity index (χ1n) is 5.29. The van der Waals surface area contributed by atoms with Crippen LogP contribution in [-0.4, -0.2) is 46.2 Å². The summed E-state index contributed by atoms with van der Waals surface area (Å²) in [5.74, 6) is -1.75. The molecule has 0 aromatic rings. The molecule has 1 amide bonds. The molecule has 0 heterocycles. The second-order valence-electron chi connectivity index (χ2n) is 4.04. The highest BCUT2D eigenvalue weighted by Gasteiger charge is 2.34. The summed E-state index contributed by atoms with van der Waals surface area (Å²) in [4.78, 5) is 25.7. The summed E-state index contributed by atoms with van der Waals surface area (Å²) in [6.07, 6.45) is 0.199. The Bertz CT molecular complexity index is 414. The van der Waals surface area contributed by atoms with E-state index in [9.17, 15) is 14.7 Å². The van der Waals surface area contributed by atoms with Crippen molar-refractivity contribution in [1.82, 2.24) is 5.32 Å². The quantitative estimate of drug-likeness (QED) is 0.288. The van der Waals surface area contributed by atoms with Crippen LogP contribution in [0.5, 0.6) is 0 Å². The van der Waals surface area contributed by atoms with Crippen LogP contribution >= 0.6 is 0 Å². The van der Waals surface area contributed by atoms with E-state index < -0.39 is 24.2 Å². The van der Waals surface area contributed by atoms with Gasteiger partial charge in [0.15, 0.2) is 5.96 Å². The van der Waals surface area contributed by atoms with Gasteiger partial charge in [-0.05, 0) is 6.08 Å². The van der Waals surface area contributed by atoms with Crippen molar-refractivity contribution >= 4 is 17.8 Å². The molecule has 0 aromatic heterocycles. The number of carboxylic acids is 1. The van der Waals surface area contributed by atoms with Crippen LogP contribution in [0.4, 0.5) is 0 Å². The van der Waals surface area contributed by atoms with Crippen molar-refractivity contribution in [3.8, 4) is 0 Å². The molecule has 0 aromatic carbocycles. The van der Waals surface area contributed by atoms with Crippen molar-refractivity contribution in [2.75, 3.05) is 0 Å². The van der Waals surface area contributed by atoms with Crippen molar-refractivity contribution in [2.24, 2.45) is 16.5 Å². The van der Waals surface area contributed by atoms with Crippen molar-refractivity contribution in [3.63, 3.8) is 0 Å². The van der Waals surface area contributed by atoms with Crippen molar-refractivity contribution in [2.45, 2.75) is 31.5 Å². The molecule has 8 nitrogen and oxygen atoms in total. The standard InChI is InChI=1S/C10H16N4O4/c1-4(15)13-8-6(14-10(11)12)2-5(9(17)18)3-7(8)16/h2,6-8,16H,3H2,1H3,(H,13,15)(H,17,18)(H4,11,12,14)/t6-,7-,8+/m1/s1. The minimum atomic E-state index is -1.15. The number of carbonyl (C=O) groups excluding carboxylic acids is 1. The molecule has 1 rings (SSSR count). The van der Waals surface area contributed by atoms with Crippen molar-refractivity contribution in [3.05, 3.63) is 11.6 Å². The predicted molar refractivity (Wildman–Crippen MR) is 63.5 cm³/mol. The highest BCUT2D eigenvalue weighted by Crippen LogP contribution is 2.22. The number of nitrogens with zero attached hydrogens (tertiary/aromatic N) is 1. The van der Waals surface area contributed by atoms with Crippen LogP contribution in [-0.2, 0) is 9.59 Å². The lowest BCUT2D eigenvalue weighted by atomic mass is 9.88. The van der Waals surface area contributed by atoms with Gasteiger partial charge in [-0.2, -0.15) is 0 Å². The maximum Gasteiger partial charge on any atom is 0.331 e. The first-order chi connectivity index (χ1) is 8.31. The molecular formula is C10H16N4O4. The van der Waals surface area contributed by atoms with Crippen LogP contribution in [0.25, 0.3) is 0 Å². The Morgan fingerprint density at radius 1 is 1.50 bits per heavy atom. The molecule has 18 heavy (non-hydrogen) atoms. The van der Waals surface area contributed by atoms with Gasteiger partial charge in [0.25, 0.3) is 0 Å². The molecule has 3 atom stereocenters. The minimum Gasteiger partial charge on any atom is -0.478 e. The lowest BCUT2D eigenvalue weighted by molar-refractivity contribution is -0.133. The summed E-state index contributed by atoms with van der Waals surface area (Å²) in [5.41, 5.74) is 10.5. The predicted octanol–water partition coefficient (Wildman–Crippen LogP) is -2.09. The van der Waals surface area contributed by atoms with E-state index in [-0.39, 0.29) is 23.9 Å². The summed E-state index contributed by atoms with van der Waals surface area (Å²) in [6.45, 7) is 1.29. The fourth-order valence-electron chi connectivity index (χ4n) is 1.82. The number of carboxylic acid groups (broad SMARTS) is 1. The van der Waals surface area contributed by atoms with Crippen LogP contribution in [0.15, 0.2) is 16.6 Å². The molecule has 1 aliphatic rings. The molecule has 0 unspecified atom stereocenters. The van der Waals surface area contributed by atoms with Gasteiger partial charge in [0.1, 0.15) is 0 Å². The van der Waals surface area contributed by atoms with Gasteiger partial charge in [-0.15, -0.1) is 0 Å². The average molecular weight is 256 g/mol. The number of nitrogens with two attached hydrogens (primary N) is 2. The molecule has 100 valence electrons. The zero-order valence-corrected chi connectivity index (χ0v) is 9.83.